The Bertz CT molecular complexity index is 1560. The van der Waals surface area contributed by atoms with E-state index < -0.39 is 0 Å². The number of benzene rings is 1. The van der Waals surface area contributed by atoms with Crippen molar-refractivity contribution in [2.45, 2.75) is 45.6 Å². The van der Waals surface area contributed by atoms with Crippen LogP contribution >= 0.6 is 0 Å². The van der Waals surface area contributed by atoms with Crippen molar-refractivity contribution in [3.8, 4) is 11.5 Å². The van der Waals surface area contributed by atoms with Crippen LogP contribution in [-0.2, 0) is 6.54 Å². The third kappa shape index (κ3) is 4.56. The Morgan fingerprint density at radius 1 is 1.08 bits per heavy atom. The third-order valence-corrected chi connectivity index (χ3v) is 6.41. The number of pyridine rings is 2. The van der Waals surface area contributed by atoms with E-state index in [1.165, 1.54) is 16.9 Å². The average molecular weight is 488 g/mol. The molecule has 36 heavy (non-hydrogen) atoms. The SMILES string of the molecule is CCCCCCCNC(=O)c1cc2c(=O)n3ccccc3nc2n(Cc2ccc3c(c2)OCO3)c1=N. The first-order chi connectivity index (χ1) is 17.6. The zero-order valence-corrected chi connectivity index (χ0v) is 20.3. The maximum atomic E-state index is 13.4. The van der Waals surface area contributed by atoms with Gasteiger partial charge in [0, 0.05) is 12.7 Å². The van der Waals surface area contributed by atoms with E-state index in [9.17, 15) is 9.59 Å². The van der Waals surface area contributed by atoms with Crippen molar-refractivity contribution in [3.63, 3.8) is 0 Å². The number of ether oxygens (including phenoxy) is 2. The number of aromatic nitrogens is 3. The lowest BCUT2D eigenvalue weighted by molar-refractivity contribution is 0.0950. The van der Waals surface area contributed by atoms with E-state index in [-0.39, 0.29) is 41.2 Å². The molecule has 186 valence electrons. The highest BCUT2D eigenvalue weighted by molar-refractivity contribution is 5.96. The summed E-state index contributed by atoms with van der Waals surface area (Å²) in [5, 5.41) is 12.1. The summed E-state index contributed by atoms with van der Waals surface area (Å²) in [5.41, 5.74) is 1.51. The number of amides is 1. The van der Waals surface area contributed by atoms with E-state index in [0.717, 1.165) is 31.2 Å². The lowest BCUT2D eigenvalue weighted by Gasteiger charge is -2.15. The van der Waals surface area contributed by atoms with Crippen molar-refractivity contribution in [3.05, 3.63) is 75.6 Å². The minimum absolute atomic E-state index is 0.00386. The fraction of sp³-hybridized carbons (Fsp3) is 0.333. The van der Waals surface area contributed by atoms with Gasteiger partial charge in [0.15, 0.2) is 11.5 Å². The third-order valence-electron chi connectivity index (χ3n) is 6.41. The summed E-state index contributed by atoms with van der Waals surface area (Å²) in [7, 11) is 0. The Labute approximate surface area is 207 Å². The molecule has 0 aliphatic carbocycles. The molecule has 0 bridgehead atoms. The second kappa shape index (κ2) is 10.2. The van der Waals surface area contributed by atoms with Gasteiger partial charge in [0.1, 0.15) is 16.8 Å². The van der Waals surface area contributed by atoms with Gasteiger partial charge in [-0.2, -0.15) is 0 Å². The van der Waals surface area contributed by atoms with E-state index in [4.69, 9.17) is 19.9 Å². The van der Waals surface area contributed by atoms with Gasteiger partial charge in [0.25, 0.3) is 11.5 Å². The van der Waals surface area contributed by atoms with Gasteiger partial charge < -0.3 is 19.4 Å². The number of hydrogen-bond donors (Lipinski definition) is 2. The van der Waals surface area contributed by atoms with Crippen molar-refractivity contribution < 1.29 is 14.3 Å². The van der Waals surface area contributed by atoms with Crippen LogP contribution in [0.25, 0.3) is 16.7 Å². The van der Waals surface area contributed by atoms with Crippen molar-refractivity contribution in [2.24, 2.45) is 0 Å². The fourth-order valence-electron chi connectivity index (χ4n) is 4.46. The number of unbranched alkanes of at least 4 members (excludes halogenated alkanes) is 4. The van der Waals surface area contributed by atoms with Crippen LogP contribution in [0.4, 0.5) is 0 Å². The van der Waals surface area contributed by atoms with Crippen molar-refractivity contribution >= 4 is 22.6 Å². The summed E-state index contributed by atoms with van der Waals surface area (Å²) < 4.78 is 14.0. The highest BCUT2D eigenvalue weighted by Gasteiger charge is 2.19. The van der Waals surface area contributed by atoms with E-state index in [1.54, 1.807) is 29.0 Å². The molecule has 0 spiro atoms. The van der Waals surface area contributed by atoms with Gasteiger partial charge >= 0.3 is 0 Å². The number of hydrogen-bond acceptors (Lipinski definition) is 6. The molecule has 0 radical (unpaired) electrons. The van der Waals surface area contributed by atoms with Gasteiger partial charge in [-0.15, -0.1) is 0 Å². The molecule has 0 atom stereocenters. The van der Waals surface area contributed by atoms with Crippen LogP contribution in [0, 0.1) is 5.41 Å². The van der Waals surface area contributed by atoms with E-state index in [1.807, 2.05) is 18.2 Å². The molecule has 3 aromatic heterocycles. The average Bonchev–Trinajstić information content (AvgIpc) is 3.36. The molecule has 9 heteroatoms. The first kappa shape index (κ1) is 23.6. The largest absolute Gasteiger partial charge is 0.454 e. The number of nitrogens with zero attached hydrogens (tertiary/aromatic N) is 3. The normalized spacial score (nSPS) is 12.4. The van der Waals surface area contributed by atoms with Crippen molar-refractivity contribution in [1.29, 1.82) is 5.41 Å². The molecule has 1 amide bonds. The maximum Gasteiger partial charge on any atom is 0.267 e. The molecule has 1 aromatic carbocycles. The summed E-state index contributed by atoms with van der Waals surface area (Å²) in [6, 6.07) is 12.3. The van der Waals surface area contributed by atoms with E-state index in [2.05, 4.69) is 12.2 Å². The summed E-state index contributed by atoms with van der Waals surface area (Å²) in [5.74, 6) is 0.919. The van der Waals surface area contributed by atoms with E-state index in [0.29, 0.717) is 29.3 Å². The Hall–Kier alpha value is -4.14. The second-order valence-corrected chi connectivity index (χ2v) is 8.93. The van der Waals surface area contributed by atoms with Gasteiger partial charge in [-0.05, 0) is 42.3 Å². The number of carbonyl (C=O) groups excluding carboxylic acids is 1. The van der Waals surface area contributed by atoms with Crippen LogP contribution in [0.15, 0.2) is 53.5 Å². The Kier molecular flexibility index (Phi) is 6.71. The zero-order chi connectivity index (χ0) is 25.1. The number of fused-ring (bicyclic) bond motifs is 3. The molecule has 1 aliphatic rings. The van der Waals surface area contributed by atoms with Crippen LogP contribution in [0.5, 0.6) is 11.5 Å². The first-order valence-electron chi connectivity index (χ1n) is 12.3. The molecule has 4 heterocycles. The van der Waals surface area contributed by atoms with E-state index >= 15 is 0 Å². The molecule has 0 saturated carbocycles. The summed E-state index contributed by atoms with van der Waals surface area (Å²) in [4.78, 5) is 31.2. The Morgan fingerprint density at radius 2 is 1.92 bits per heavy atom. The van der Waals surface area contributed by atoms with Crippen molar-refractivity contribution in [1.82, 2.24) is 19.3 Å². The highest BCUT2D eigenvalue weighted by Crippen LogP contribution is 2.32. The molecule has 2 N–H and O–H groups in total. The van der Waals surface area contributed by atoms with Gasteiger partial charge in [0.2, 0.25) is 6.79 Å². The van der Waals surface area contributed by atoms with Gasteiger partial charge in [0.05, 0.1) is 17.5 Å². The second-order valence-electron chi connectivity index (χ2n) is 8.93. The number of carbonyl (C=O) groups is 1. The van der Waals surface area contributed by atoms with Gasteiger partial charge in [-0.25, -0.2) is 4.98 Å². The molecule has 1 aliphatic heterocycles. The Balaban J connectivity index is 1.56. The van der Waals surface area contributed by atoms with Gasteiger partial charge in [-0.1, -0.05) is 44.7 Å². The molecular weight excluding hydrogens is 458 g/mol. The smallest absolute Gasteiger partial charge is 0.267 e. The standard InChI is InChI=1S/C27H29N5O4/c1-2-3-4-5-7-12-29-26(33)19-15-20-25(30-23-9-6-8-13-31(23)27(20)34)32(24(19)28)16-18-10-11-21-22(14-18)36-17-35-21/h6,8-11,13-15,28H,2-5,7,12,16-17H2,1H3,(H,29,33). The molecule has 5 rings (SSSR count). The van der Waals surface area contributed by atoms with Crippen LogP contribution in [0.1, 0.15) is 54.9 Å². The summed E-state index contributed by atoms with van der Waals surface area (Å²) in [6.45, 7) is 3.09. The van der Waals surface area contributed by atoms with Crippen LogP contribution in [-0.4, -0.2) is 33.2 Å². The summed E-state index contributed by atoms with van der Waals surface area (Å²) in [6.07, 6.45) is 7.04. The molecule has 0 unspecified atom stereocenters. The predicted octanol–water partition coefficient (Wildman–Crippen LogP) is 3.61. The molecule has 4 aromatic rings. The Morgan fingerprint density at radius 3 is 2.78 bits per heavy atom. The highest BCUT2D eigenvalue weighted by atomic mass is 16.7. The van der Waals surface area contributed by atoms with Crippen LogP contribution in [0.3, 0.4) is 0 Å². The summed E-state index contributed by atoms with van der Waals surface area (Å²) >= 11 is 0. The molecule has 0 saturated heterocycles. The number of rotatable bonds is 9. The van der Waals surface area contributed by atoms with Crippen LogP contribution < -0.4 is 25.8 Å². The lowest BCUT2D eigenvalue weighted by Crippen LogP contribution is -2.35. The zero-order valence-electron chi connectivity index (χ0n) is 20.3. The minimum atomic E-state index is -0.366. The molecular formula is C27H29N5O4. The lowest BCUT2D eigenvalue weighted by atomic mass is 10.1. The fourth-order valence-corrected chi connectivity index (χ4v) is 4.46. The first-order valence-corrected chi connectivity index (χ1v) is 12.3. The predicted molar refractivity (Wildman–Crippen MR) is 136 cm³/mol. The molecule has 0 fully saturated rings. The minimum Gasteiger partial charge on any atom is -0.454 e. The van der Waals surface area contributed by atoms with Gasteiger partial charge in [-0.3, -0.25) is 19.4 Å². The number of nitrogens with one attached hydrogen (secondary N) is 2. The monoisotopic (exact) mass is 487 g/mol. The molecule has 9 nitrogen and oxygen atoms in total. The quantitative estimate of drug-likeness (QED) is 0.277. The van der Waals surface area contributed by atoms with Crippen molar-refractivity contribution in [2.75, 3.05) is 13.3 Å². The maximum absolute atomic E-state index is 13.4. The van der Waals surface area contributed by atoms with Crippen LogP contribution in [0.2, 0.25) is 0 Å². The topological polar surface area (TPSA) is 111 Å².